The molecule has 0 saturated heterocycles. The molecule has 1 heteroatoms. The SMILES string of the molecule is CCC[C@@H](N(C)C)C(C)(C)C. The van der Waals surface area contributed by atoms with Crippen LogP contribution in [0.2, 0.25) is 0 Å². The zero-order valence-corrected chi connectivity index (χ0v) is 8.94. The minimum absolute atomic E-state index is 0.416. The van der Waals surface area contributed by atoms with Gasteiger partial charge in [0, 0.05) is 6.04 Å². The van der Waals surface area contributed by atoms with Gasteiger partial charge in [0.05, 0.1) is 0 Å². The first-order valence-electron chi connectivity index (χ1n) is 4.56. The highest BCUT2D eigenvalue weighted by Gasteiger charge is 2.24. The summed E-state index contributed by atoms with van der Waals surface area (Å²) in [7, 11) is 4.34. The van der Waals surface area contributed by atoms with E-state index in [0.29, 0.717) is 11.5 Å². The highest BCUT2D eigenvalue weighted by molar-refractivity contribution is 4.79. The zero-order valence-electron chi connectivity index (χ0n) is 8.94. The number of hydrogen-bond acceptors (Lipinski definition) is 1. The van der Waals surface area contributed by atoms with E-state index in [2.05, 4.69) is 46.7 Å². The predicted octanol–water partition coefficient (Wildman–Crippen LogP) is 2.76. The third kappa shape index (κ3) is 3.76. The van der Waals surface area contributed by atoms with Gasteiger partial charge in [-0.1, -0.05) is 34.1 Å². The first-order chi connectivity index (χ1) is 4.89. The molecule has 0 aromatic carbocycles. The van der Waals surface area contributed by atoms with Gasteiger partial charge in [0.1, 0.15) is 0 Å². The molecule has 0 rings (SSSR count). The Labute approximate surface area is 71.8 Å². The predicted molar refractivity (Wildman–Crippen MR) is 51.8 cm³/mol. The van der Waals surface area contributed by atoms with Crippen molar-refractivity contribution >= 4 is 0 Å². The topological polar surface area (TPSA) is 3.24 Å². The Kier molecular flexibility index (Phi) is 4.09. The van der Waals surface area contributed by atoms with E-state index in [1.165, 1.54) is 12.8 Å². The summed E-state index contributed by atoms with van der Waals surface area (Å²) in [5.41, 5.74) is 0.416. The molecule has 0 aliphatic carbocycles. The van der Waals surface area contributed by atoms with Crippen LogP contribution in [-0.2, 0) is 0 Å². The van der Waals surface area contributed by atoms with E-state index in [9.17, 15) is 0 Å². The van der Waals surface area contributed by atoms with Crippen molar-refractivity contribution in [3.8, 4) is 0 Å². The molecule has 0 amide bonds. The van der Waals surface area contributed by atoms with E-state index in [-0.39, 0.29) is 0 Å². The molecule has 68 valence electrons. The lowest BCUT2D eigenvalue weighted by Crippen LogP contribution is -2.39. The van der Waals surface area contributed by atoms with Gasteiger partial charge in [-0.05, 0) is 25.9 Å². The van der Waals surface area contributed by atoms with Crippen LogP contribution in [0.4, 0.5) is 0 Å². The van der Waals surface area contributed by atoms with Crippen molar-refractivity contribution in [3.63, 3.8) is 0 Å². The van der Waals surface area contributed by atoms with Crippen LogP contribution in [0.5, 0.6) is 0 Å². The van der Waals surface area contributed by atoms with Crippen LogP contribution in [-0.4, -0.2) is 25.0 Å². The summed E-state index contributed by atoms with van der Waals surface area (Å²) in [5, 5.41) is 0. The maximum Gasteiger partial charge on any atom is 0.0138 e. The molecular weight excluding hydrogens is 134 g/mol. The molecule has 0 bridgehead atoms. The second-order valence-corrected chi connectivity index (χ2v) is 4.63. The molecule has 0 aromatic heterocycles. The lowest BCUT2D eigenvalue weighted by atomic mass is 9.83. The van der Waals surface area contributed by atoms with Gasteiger partial charge in [-0.3, -0.25) is 0 Å². The molecule has 0 saturated carbocycles. The summed E-state index contributed by atoms with van der Waals surface area (Å²) in [6, 6.07) is 0.715. The molecule has 0 aliphatic rings. The van der Waals surface area contributed by atoms with Crippen LogP contribution in [0.1, 0.15) is 40.5 Å². The Hall–Kier alpha value is -0.0400. The average Bonchev–Trinajstić information content (AvgIpc) is 1.79. The Morgan fingerprint density at radius 1 is 1.18 bits per heavy atom. The normalized spacial score (nSPS) is 15.5. The zero-order chi connectivity index (χ0) is 9.07. The average molecular weight is 157 g/mol. The van der Waals surface area contributed by atoms with Crippen LogP contribution in [0, 0.1) is 5.41 Å². The summed E-state index contributed by atoms with van der Waals surface area (Å²) in [4.78, 5) is 2.34. The first-order valence-corrected chi connectivity index (χ1v) is 4.56. The number of rotatable bonds is 3. The van der Waals surface area contributed by atoms with Gasteiger partial charge in [-0.2, -0.15) is 0 Å². The third-order valence-corrected chi connectivity index (χ3v) is 2.19. The van der Waals surface area contributed by atoms with Gasteiger partial charge in [-0.15, -0.1) is 0 Å². The highest BCUT2D eigenvalue weighted by atomic mass is 15.1. The molecule has 1 nitrogen and oxygen atoms in total. The van der Waals surface area contributed by atoms with E-state index >= 15 is 0 Å². The van der Waals surface area contributed by atoms with E-state index in [1.54, 1.807) is 0 Å². The second kappa shape index (κ2) is 4.10. The lowest BCUT2D eigenvalue weighted by Gasteiger charge is -2.35. The lowest BCUT2D eigenvalue weighted by molar-refractivity contribution is 0.142. The summed E-state index contributed by atoms with van der Waals surface area (Å²) < 4.78 is 0. The van der Waals surface area contributed by atoms with E-state index in [4.69, 9.17) is 0 Å². The summed E-state index contributed by atoms with van der Waals surface area (Å²) in [6.07, 6.45) is 2.58. The van der Waals surface area contributed by atoms with Crippen LogP contribution in [0.25, 0.3) is 0 Å². The molecule has 0 heterocycles. The van der Waals surface area contributed by atoms with Crippen molar-refractivity contribution in [2.45, 2.75) is 46.6 Å². The molecule has 0 radical (unpaired) electrons. The van der Waals surface area contributed by atoms with Crippen LogP contribution in [0.3, 0.4) is 0 Å². The van der Waals surface area contributed by atoms with Crippen LogP contribution < -0.4 is 0 Å². The van der Waals surface area contributed by atoms with Gasteiger partial charge in [0.25, 0.3) is 0 Å². The van der Waals surface area contributed by atoms with Crippen molar-refractivity contribution in [2.24, 2.45) is 5.41 Å². The maximum absolute atomic E-state index is 2.34. The molecule has 0 aromatic rings. The molecule has 11 heavy (non-hydrogen) atoms. The largest absolute Gasteiger partial charge is 0.306 e. The van der Waals surface area contributed by atoms with E-state index in [1.807, 2.05) is 0 Å². The quantitative estimate of drug-likeness (QED) is 0.609. The fraction of sp³-hybridized carbons (Fsp3) is 1.00. The second-order valence-electron chi connectivity index (χ2n) is 4.63. The van der Waals surface area contributed by atoms with Crippen molar-refractivity contribution in [1.82, 2.24) is 4.90 Å². The minimum atomic E-state index is 0.416. The molecule has 0 aliphatic heterocycles. The fourth-order valence-corrected chi connectivity index (χ4v) is 1.74. The van der Waals surface area contributed by atoms with Crippen LogP contribution >= 0.6 is 0 Å². The molecule has 0 N–H and O–H groups in total. The highest BCUT2D eigenvalue weighted by Crippen LogP contribution is 2.25. The Morgan fingerprint density at radius 3 is 1.73 bits per heavy atom. The summed E-state index contributed by atoms with van der Waals surface area (Å²) >= 11 is 0. The molecular formula is C10H23N. The van der Waals surface area contributed by atoms with Crippen molar-refractivity contribution in [3.05, 3.63) is 0 Å². The van der Waals surface area contributed by atoms with Crippen molar-refractivity contribution in [2.75, 3.05) is 14.1 Å². The van der Waals surface area contributed by atoms with E-state index < -0.39 is 0 Å². The Bertz CT molecular complexity index is 99.9. The standard InChI is InChI=1S/C10H23N/c1-7-8-9(11(5)6)10(2,3)4/h9H,7-8H2,1-6H3/t9-/m1/s1. The number of hydrogen-bond donors (Lipinski definition) is 0. The molecule has 1 atom stereocenters. The van der Waals surface area contributed by atoms with Gasteiger partial charge in [0.2, 0.25) is 0 Å². The summed E-state index contributed by atoms with van der Waals surface area (Å²) in [5.74, 6) is 0. The summed E-state index contributed by atoms with van der Waals surface area (Å²) in [6.45, 7) is 9.19. The fourth-order valence-electron chi connectivity index (χ4n) is 1.74. The smallest absolute Gasteiger partial charge is 0.0138 e. The Morgan fingerprint density at radius 2 is 1.64 bits per heavy atom. The molecule has 0 unspecified atom stereocenters. The van der Waals surface area contributed by atoms with Crippen LogP contribution in [0.15, 0.2) is 0 Å². The first kappa shape index (κ1) is 11.0. The Balaban J connectivity index is 4.10. The van der Waals surface area contributed by atoms with Gasteiger partial charge >= 0.3 is 0 Å². The molecule has 0 spiro atoms. The minimum Gasteiger partial charge on any atom is -0.306 e. The van der Waals surface area contributed by atoms with E-state index in [0.717, 1.165) is 0 Å². The maximum atomic E-state index is 2.34. The van der Waals surface area contributed by atoms with Crippen molar-refractivity contribution in [1.29, 1.82) is 0 Å². The third-order valence-electron chi connectivity index (χ3n) is 2.19. The van der Waals surface area contributed by atoms with Gasteiger partial charge in [0.15, 0.2) is 0 Å². The monoisotopic (exact) mass is 157 g/mol. The van der Waals surface area contributed by atoms with Gasteiger partial charge in [-0.25, -0.2) is 0 Å². The molecule has 0 fully saturated rings. The number of nitrogens with zero attached hydrogens (tertiary/aromatic N) is 1. The van der Waals surface area contributed by atoms with Crippen molar-refractivity contribution < 1.29 is 0 Å². The van der Waals surface area contributed by atoms with Gasteiger partial charge < -0.3 is 4.90 Å².